The van der Waals surface area contributed by atoms with Crippen LogP contribution in [-0.2, 0) is 4.79 Å². The first-order valence-electron chi connectivity index (χ1n) is 3.83. The standard InChI is InChI=1S/C7H13NO2S/c9-7(10)5-11-6-1-3-8-4-2-6/h6,8H,1-5H2,(H,9,10). The van der Waals surface area contributed by atoms with E-state index in [1.165, 1.54) is 0 Å². The van der Waals surface area contributed by atoms with E-state index in [1.807, 2.05) is 0 Å². The second-order valence-corrected chi connectivity index (χ2v) is 3.94. The summed E-state index contributed by atoms with van der Waals surface area (Å²) in [4.78, 5) is 10.2. The molecule has 11 heavy (non-hydrogen) atoms. The second-order valence-electron chi connectivity index (χ2n) is 2.65. The Bertz CT molecular complexity index is 134. The molecule has 1 aliphatic heterocycles. The van der Waals surface area contributed by atoms with E-state index in [1.54, 1.807) is 11.8 Å². The molecule has 64 valence electrons. The van der Waals surface area contributed by atoms with Crippen molar-refractivity contribution in [3.63, 3.8) is 0 Å². The van der Waals surface area contributed by atoms with Crippen molar-refractivity contribution in [1.29, 1.82) is 0 Å². The van der Waals surface area contributed by atoms with E-state index in [4.69, 9.17) is 5.11 Å². The number of nitrogens with one attached hydrogen (secondary N) is 1. The van der Waals surface area contributed by atoms with Gasteiger partial charge >= 0.3 is 5.97 Å². The molecule has 0 aliphatic carbocycles. The highest BCUT2D eigenvalue weighted by Crippen LogP contribution is 2.19. The molecule has 0 bridgehead atoms. The topological polar surface area (TPSA) is 49.3 Å². The van der Waals surface area contributed by atoms with Crippen LogP contribution < -0.4 is 5.32 Å². The minimum Gasteiger partial charge on any atom is -0.481 e. The van der Waals surface area contributed by atoms with Gasteiger partial charge in [0.1, 0.15) is 0 Å². The van der Waals surface area contributed by atoms with Crippen molar-refractivity contribution in [3.05, 3.63) is 0 Å². The number of hydrogen-bond acceptors (Lipinski definition) is 3. The third-order valence-corrected chi connectivity index (χ3v) is 3.09. The maximum absolute atomic E-state index is 10.2. The Morgan fingerprint density at radius 1 is 1.55 bits per heavy atom. The fourth-order valence-corrected chi connectivity index (χ4v) is 2.10. The fraction of sp³-hybridized carbons (Fsp3) is 0.857. The highest BCUT2D eigenvalue weighted by molar-refractivity contribution is 8.00. The van der Waals surface area contributed by atoms with Gasteiger partial charge < -0.3 is 10.4 Å². The van der Waals surface area contributed by atoms with Gasteiger partial charge in [-0.1, -0.05) is 0 Å². The van der Waals surface area contributed by atoms with Crippen LogP contribution in [0.1, 0.15) is 12.8 Å². The van der Waals surface area contributed by atoms with E-state index < -0.39 is 5.97 Å². The summed E-state index contributed by atoms with van der Waals surface area (Å²) < 4.78 is 0. The van der Waals surface area contributed by atoms with Gasteiger partial charge in [0.25, 0.3) is 0 Å². The van der Waals surface area contributed by atoms with E-state index >= 15 is 0 Å². The number of thioether (sulfide) groups is 1. The van der Waals surface area contributed by atoms with Crippen molar-refractivity contribution in [2.24, 2.45) is 0 Å². The van der Waals surface area contributed by atoms with Crippen LogP contribution in [-0.4, -0.2) is 35.2 Å². The normalized spacial score (nSPS) is 20.0. The molecule has 0 aromatic rings. The smallest absolute Gasteiger partial charge is 0.313 e. The molecule has 0 radical (unpaired) electrons. The maximum Gasteiger partial charge on any atom is 0.313 e. The summed E-state index contributed by atoms with van der Waals surface area (Å²) in [7, 11) is 0. The molecule has 3 nitrogen and oxygen atoms in total. The first-order chi connectivity index (χ1) is 5.29. The Balaban J connectivity index is 2.09. The predicted octanol–water partition coefficient (Wildman–Crippen LogP) is 0.556. The minimum atomic E-state index is -0.700. The third kappa shape index (κ3) is 3.62. The molecule has 0 unspecified atom stereocenters. The molecular weight excluding hydrogens is 162 g/mol. The molecular formula is C7H13NO2S. The third-order valence-electron chi connectivity index (χ3n) is 1.73. The molecule has 1 aliphatic rings. The molecule has 0 aromatic carbocycles. The van der Waals surface area contributed by atoms with E-state index in [0.717, 1.165) is 25.9 Å². The summed E-state index contributed by atoms with van der Waals surface area (Å²) in [6.45, 7) is 2.08. The number of rotatable bonds is 3. The monoisotopic (exact) mass is 175 g/mol. The van der Waals surface area contributed by atoms with Crippen LogP contribution in [0, 0.1) is 0 Å². The number of carbonyl (C=O) groups is 1. The Morgan fingerprint density at radius 3 is 2.73 bits per heavy atom. The number of carboxylic acids is 1. The Labute approximate surface area is 70.6 Å². The molecule has 0 aromatic heterocycles. The molecule has 1 rings (SSSR count). The fourth-order valence-electron chi connectivity index (χ4n) is 1.15. The number of piperidine rings is 1. The van der Waals surface area contributed by atoms with Crippen LogP contribution in [0.4, 0.5) is 0 Å². The van der Waals surface area contributed by atoms with Crippen LogP contribution in [0.5, 0.6) is 0 Å². The van der Waals surface area contributed by atoms with Gasteiger partial charge in [-0.2, -0.15) is 0 Å². The molecule has 1 fully saturated rings. The van der Waals surface area contributed by atoms with E-state index in [2.05, 4.69) is 5.32 Å². The maximum atomic E-state index is 10.2. The lowest BCUT2D eigenvalue weighted by Gasteiger charge is -2.20. The van der Waals surface area contributed by atoms with Gasteiger partial charge in [0, 0.05) is 5.25 Å². The lowest BCUT2D eigenvalue weighted by atomic mass is 10.2. The summed E-state index contributed by atoms with van der Waals surface area (Å²) in [5.41, 5.74) is 0. The van der Waals surface area contributed by atoms with Crippen molar-refractivity contribution in [2.75, 3.05) is 18.8 Å². The molecule has 2 N–H and O–H groups in total. The van der Waals surface area contributed by atoms with Gasteiger partial charge in [0.05, 0.1) is 5.75 Å². The Hall–Kier alpha value is -0.220. The van der Waals surface area contributed by atoms with Crippen LogP contribution in [0.2, 0.25) is 0 Å². The van der Waals surface area contributed by atoms with Crippen LogP contribution in [0.15, 0.2) is 0 Å². The SMILES string of the molecule is O=C(O)CSC1CCNCC1. The average Bonchev–Trinajstić information content (AvgIpc) is 2.03. The number of aliphatic carboxylic acids is 1. The second kappa shape index (κ2) is 4.62. The van der Waals surface area contributed by atoms with Crippen LogP contribution >= 0.6 is 11.8 Å². The average molecular weight is 175 g/mol. The lowest BCUT2D eigenvalue weighted by Crippen LogP contribution is -2.29. The largest absolute Gasteiger partial charge is 0.481 e. The Kier molecular flexibility index (Phi) is 3.72. The van der Waals surface area contributed by atoms with Gasteiger partial charge in [-0.05, 0) is 25.9 Å². The van der Waals surface area contributed by atoms with Crippen molar-refractivity contribution >= 4 is 17.7 Å². The quantitative estimate of drug-likeness (QED) is 0.658. The Morgan fingerprint density at radius 2 is 2.18 bits per heavy atom. The molecule has 0 spiro atoms. The van der Waals surface area contributed by atoms with Gasteiger partial charge in [-0.25, -0.2) is 0 Å². The van der Waals surface area contributed by atoms with Gasteiger partial charge in [0.15, 0.2) is 0 Å². The van der Waals surface area contributed by atoms with Crippen molar-refractivity contribution in [2.45, 2.75) is 18.1 Å². The number of carboxylic acid groups (broad SMARTS) is 1. The van der Waals surface area contributed by atoms with Crippen molar-refractivity contribution < 1.29 is 9.90 Å². The first kappa shape index (κ1) is 8.87. The molecule has 1 saturated heterocycles. The van der Waals surface area contributed by atoms with Gasteiger partial charge in [-0.15, -0.1) is 11.8 Å². The zero-order valence-electron chi connectivity index (χ0n) is 6.38. The van der Waals surface area contributed by atoms with Crippen LogP contribution in [0.3, 0.4) is 0 Å². The molecule has 0 atom stereocenters. The molecule has 4 heteroatoms. The van der Waals surface area contributed by atoms with Gasteiger partial charge in [-0.3, -0.25) is 4.79 Å². The summed E-state index contributed by atoms with van der Waals surface area (Å²) in [6, 6.07) is 0. The summed E-state index contributed by atoms with van der Waals surface area (Å²) in [5.74, 6) is -0.446. The zero-order chi connectivity index (χ0) is 8.10. The van der Waals surface area contributed by atoms with Crippen molar-refractivity contribution in [3.8, 4) is 0 Å². The lowest BCUT2D eigenvalue weighted by molar-refractivity contribution is -0.133. The minimum absolute atomic E-state index is 0.255. The summed E-state index contributed by atoms with van der Waals surface area (Å²) in [6.07, 6.45) is 2.22. The molecule has 0 amide bonds. The van der Waals surface area contributed by atoms with E-state index in [9.17, 15) is 4.79 Å². The first-order valence-corrected chi connectivity index (χ1v) is 4.88. The highest BCUT2D eigenvalue weighted by Gasteiger charge is 2.13. The number of hydrogen-bond donors (Lipinski definition) is 2. The van der Waals surface area contributed by atoms with Crippen molar-refractivity contribution in [1.82, 2.24) is 5.32 Å². The summed E-state index contributed by atoms with van der Waals surface area (Å²) in [5, 5.41) is 12.2. The predicted molar refractivity (Wildman–Crippen MR) is 46.0 cm³/mol. The molecule has 1 heterocycles. The van der Waals surface area contributed by atoms with E-state index in [-0.39, 0.29) is 5.75 Å². The summed E-state index contributed by atoms with van der Waals surface area (Å²) >= 11 is 1.57. The van der Waals surface area contributed by atoms with Gasteiger partial charge in [0.2, 0.25) is 0 Å². The zero-order valence-corrected chi connectivity index (χ0v) is 7.19. The molecule has 0 saturated carbocycles. The van der Waals surface area contributed by atoms with E-state index in [0.29, 0.717) is 5.25 Å². The highest BCUT2D eigenvalue weighted by atomic mass is 32.2. The van der Waals surface area contributed by atoms with Crippen LogP contribution in [0.25, 0.3) is 0 Å².